The van der Waals surface area contributed by atoms with Gasteiger partial charge < -0.3 is 18.9 Å². The van der Waals surface area contributed by atoms with E-state index >= 15 is 0 Å². The number of halogens is 2. The van der Waals surface area contributed by atoms with Crippen molar-refractivity contribution in [2.75, 3.05) is 13.7 Å². The van der Waals surface area contributed by atoms with Gasteiger partial charge in [-0.2, -0.15) is 8.78 Å². The molecule has 1 aliphatic carbocycles. The van der Waals surface area contributed by atoms with Crippen molar-refractivity contribution in [1.29, 1.82) is 0 Å². The number of unbranched alkanes of at least 4 members (excludes halogenated alkanes) is 3. The highest BCUT2D eigenvalue weighted by Gasteiger charge is 2.44. The van der Waals surface area contributed by atoms with Crippen LogP contribution in [0.5, 0.6) is 0 Å². The predicted molar refractivity (Wildman–Crippen MR) is 140 cm³/mol. The number of carbonyl (C=O) groups excluding carboxylic acids is 3. The fourth-order valence-electron chi connectivity index (χ4n) is 5.32. The van der Waals surface area contributed by atoms with Crippen LogP contribution >= 0.6 is 0 Å². The third-order valence-electron chi connectivity index (χ3n) is 7.35. The van der Waals surface area contributed by atoms with Crippen LogP contribution in [-0.4, -0.2) is 49.9 Å². The Morgan fingerprint density at radius 3 is 2.49 bits per heavy atom. The molecular formula is C30H40F2O7. The molecule has 1 saturated heterocycles. The number of allylic oxidation sites excluding steroid dienone is 1. The number of alkyl halides is 2. The Balaban J connectivity index is 1.75. The van der Waals surface area contributed by atoms with Gasteiger partial charge in [-0.1, -0.05) is 55.7 Å². The number of benzene rings is 1. The van der Waals surface area contributed by atoms with E-state index in [4.69, 9.17) is 14.2 Å². The lowest BCUT2D eigenvalue weighted by Crippen LogP contribution is -2.28. The van der Waals surface area contributed by atoms with Crippen molar-refractivity contribution in [3.05, 3.63) is 47.5 Å². The molecule has 0 bridgehead atoms. The number of hydrogen-bond donors (Lipinski definition) is 0. The summed E-state index contributed by atoms with van der Waals surface area (Å²) in [4.78, 5) is 36.0. The second kappa shape index (κ2) is 15.2. The van der Waals surface area contributed by atoms with Crippen molar-refractivity contribution >= 4 is 17.7 Å². The molecule has 9 heteroatoms. The summed E-state index contributed by atoms with van der Waals surface area (Å²) in [6, 6.07) is 7.06. The van der Waals surface area contributed by atoms with Crippen LogP contribution in [0.2, 0.25) is 0 Å². The molecule has 1 heterocycles. The fraction of sp³-hybridized carbons (Fsp3) is 0.633. The van der Waals surface area contributed by atoms with Crippen LogP contribution in [-0.2, 0) is 39.3 Å². The van der Waals surface area contributed by atoms with Crippen molar-refractivity contribution in [2.45, 2.75) is 102 Å². The van der Waals surface area contributed by atoms with Crippen LogP contribution in [0.3, 0.4) is 0 Å². The molecule has 4 atom stereocenters. The van der Waals surface area contributed by atoms with E-state index < -0.39 is 42.6 Å². The average molecular weight is 551 g/mol. The van der Waals surface area contributed by atoms with Gasteiger partial charge in [0.05, 0.1) is 13.2 Å². The number of methoxy groups -OCH3 is 1. The summed E-state index contributed by atoms with van der Waals surface area (Å²) in [7, 11) is 1.36. The first-order valence-corrected chi connectivity index (χ1v) is 13.9. The van der Waals surface area contributed by atoms with Gasteiger partial charge in [0.1, 0.15) is 6.10 Å². The quantitative estimate of drug-likeness (QED) is 0.159. The SMILES string of the molecule is COC(=O)CCCCCCC1C(=CCC(=O)C(F)(F)c2ccccc2)C(OC2CCCCO2)CC1OC(C)=O. The molecule has 0 amide bonds. The summed E-state index contributed by atoms with van der Waals surface area (Å²) in [5.74, 6) is -5.76. The Kier molecular flexibility index (Phi) is 12.1. The van der Waals surface area contributed by atoms with E-state index in [1.807, 2.05) is 0 Å². The van der Waals surface area contributed by atoms with Crippen LogP contribution in [0.1, 0.15) is 83.1 Å². The zero-order valence-corrected chi connectivity index (χ0v) is 22.9. The minimum absolute atomic E-state index is 0.243. The molecule has 0 aromatic heterocycles. The number of rotatable bonds is 14. The smallest absolute Gasteiger partial charge is 0.330 e. The molecule has 216 valence electrons. The van der Waals surface area contributed by atoms with Crippen molar-refractivity contribution in [3.8, 4) is 0 Å². The molecule has 7 nitrogen and oxygen atoms in total. The first-order chi connectivity index (χ1) is 18.7. The highest BCUT2D eigenvalue weighted by Crippen LogP contribution is 2.41. The lowest BCUT2D eigenvalue weighted by Gasteiger charge is -2.27. The van der Waals surface area contributed by atoms with Crippen molar-refractivity contribution in [2.24, 2.45) is 5.92 Å². The van der Waals surface area contributed by atoms with Gasteiger partial charge in [0.25, 0.3) is 0 Å². The molecule has 1 aromatic carbocycles. The summed E-state index contributed by atoms with van der Waals surface area (Å²) in [5.41, 5.74) is 0.367. The number of esters is 2. The molecule has 2 aliphatic rings. The van der Waals surface area contributed by atoms with Gasteiger partial charge in [-0.25, -0.2) is 0 Å². The maximum absolute atomic E-state index is 14.9. The molecule has 1 saturated carbocycles. The van der Waals surface area contributed by atoms with E-state index in [1.54, 1.807) is 12.1 Å². The van der Waals surface area contributed by atoms with Crippen LogP contribution in [0.25, 0.3) is 0 Å². The molecule has 0 radical (unpaired) electrons. The Morgan fingerprint density at radius 2 is 1.82 bits per heavy atom. The zero-order chi connectivity index (χ0) is 28.3. The van der Waals surface area contributed by atoms with E-state index in [9.17, 15) is 23.2 Å². The molecule has 4 unspecified atom stereocenters. The third kappa shape index (κ3) is 9.21. The third-order valence-corrected chi connectivity index (χ3v) is 7.35. The summed E-state index contributed by atoms with van der Waals surface area (Å²) in [6.07, 6.45) is 6.84. The Labute approximate surface area is 229 Å². The first-order valence-electron chi connectivity index (χ1n) is 13.9. The monoisotopic (exact) mass is 550 g/mol. The van der Waals surface area contributed by atoms with E-state index in [2.05, 4.69) is 4.74 Å². The Bertz CT molecular complexity index is 973. The van der Waals surface area contributed by atoms with E-state index in [-0.39, 0.29) is 17.5 Å². The minimum atomic E-state index is -3.62. The van der Waals surface area contributed by atoms with Crippen LogP contribution in [0.15, 0.2) is 42.0 Å². The van der Waals surface area contributed by atoms with Crippen molar-refractivity contribution < 1.29 is 42.1 Å². The van der Waals surface area contributed by atoms with Gasteiger partial charge in [-0.3, -0.25) is 14.4 Å². The standard InChI is InChI=1S/C30H40F2O7/c1-21(33)38-25-20-26(39-29-16-10-11-19-37-29)24(23(25)14-8-3-4-9-15-28(35)36-2)17-18-27(34)30(31,32)22-12-6-5-7-13-22/h5-7,12-13,17,23,25-26,29H,3-4,8-11,14-16,18-20H2,1-2H3. The van der Waals surface area contributed by atoms with Gasteiger partial charge in [0.2, 0.25) is 5.78 Å². The van der Waals surface area contributed by atoms with Crippen molar-refractivity contribution in [1.82, 2.24) is 0 Å². The fourth-order valence-corrected chi connectivity index (χ4v) is 5.32. The molecule has 1 aliphatic heterocycles. The van der Waals surface area contributed by atoms with Gasteiger partial charge >= 0.3 is 17.9 Å². The summed E-state index contributed by atoms with van der Waals surface area (Å²) >= 11 is 0. The number of Topliss-reactive ketones (excluding diaryl/α,β-unsaturated/α-hetero) is 1. The van der Waals surface area contributed by atoms with Gasteiger partial charge in [-0.05, 0) is 37.7 Å². The zero-order valence-electron chi connectivity index (χ0n) is 22.9. The molecule has 39 heavy (non-hydrogen) atoms. The van der Waals surface area contributed by atoms with Gasteiger partial charge in [0.15, 0.2) is 6.29 Å². The lowest BCUT2D eigenvalue weighted by atomic mass is 9.91. The topological polar surface area (TPSA) is 88.1 Å². The summed E-state index contributed by atoms with van der Waals surface area (Å²) in [5, 5.41) is 0. The summed E-state index contributed by atoms with van der Waals surface area (Å²) in [6.45, 7) is 1.93. The second-order valence-electron chi connectivity index (χ2n) is 10.2. The first kappa shape index (κ1) is 30.9. The molecule has 0 spiro atoms. The molecular weight excluding hydrogens is 510 g/mol. The average Bonchev–Trinajstić information content (AvgIpc) is 3.24. The lowest BCUT2D eigenvalue weighted by molar-refractivity contribution is -0.181. The molecule has 0 N–H and O–H groups in total. The maximum Gasteiger partial charge on any atom is 0.330 e. The van der Waals surface area contributed by atoms with Gasteiger partial charge in [-0.15, -0.1) is 0 Å². The van der Waals surface area contributed by atoms with E-state index in [1.165, 1.54) is 38.3 Å². The van der Waals surface area contributed by atoms with E-state index in [0.717, 1.165) is 38.5 Å². The van der Waals surface area contributed by atoms with Crippen LogP contribution in [0, 0.1) is 5.92 Å². The number of ketones is 1. The number of hydrogen-bond acceptors (Lipinski definition) is 7. The van der Waals surface area contributed by atoms with Crippen LogP contribution in [0.4, 0.5) is 8.78 Å². The Hall–Kier alpha value is -2.65. The highest BCUT2D eigenvalue weighted by molar-refractivity contribution is 5.88. The Morgan fingerprint density at radius 1 is 1.08 bits per heavy atom. The largest absolute Gasteiger partial charge is 0.469 e. The van der Waals surface area contributed by atoms with Crippen LogP contribution < -0.4 is 0 Å². The molecule has 2 fully saturated rings. The molecule has 1 aromatic rings. The molecule has 3 rings (SSSR count). The minimum Gasteiger partial charge on any atom is -0.469 e. The summed E-state index contributed by atoms with van der Waals surface area (Å²) < 4.78 is 52.2. The van der Waals surface area contributed by atoms with Crippen molar-refractivity contribution in [3.63, 3.8) is 0 Å². The number of carbonyl (C=O) groups is 3. The predicted octanol–water partition coefficient (Wildman–Crippen LogP) is 6.04. The second-order valence-corrected chi connectivity index (χ2v) is 10.2. The van der Waals surface area contributed by atoms with E-state index in [0.29, 0.717) is 37.9 Å². The number of ether oxygens (including phenoxy) is 4. The maximum atomic E-state index is 14.9. The highest BCUT2D eigenvalue weighted by atomic mass is 19.3. The van der Waals surface area contributed by atoms with Gasteiger partial charge in [0, 0.05) is 44.3 Å². The normalized spacial score (nSPS) is 24.5.